The lowest BCUT2D eigenvalue weighted by Gasteiger charge is -2.56. The predicted molar refractivity (Wildman–Crippen MR) is 50.6 cm³/mol. The maximum absolute atomic E-state index is 6.26. The summed E-state index contributed by atoms with van der Waals surface area (Å²) >= 11 is 6.26. The molecule has 70 valence electrons. The Morgan fingerprint density at radius 2 is 2.00 bits per heavy atom. The molecule has 0 spiro atoms. The molecule has 2 aliphatic heterocycles. The van der Waals surface area contributed by atoms with Crippen molar-refractivity contribution in [3.63, 3.8) is 0 Å². The molecule has 2 saturated heterocycles. The van der Waals surface area contributed by atoms with Gasteiger partial charge in [0.1, 0.15) is 0 Å². The molecule has 0 unspecified atom stereocenters. The molecule has 0 amide bonds. The number of halogens is 1. The minimum absolute atomic E-state index is 0.0540. The van der Waals surface area contributed by atoms with Gasteiger partial charge >= 0.3 is 0 Å². The minimum Gasteiger partial charge on any atom is -0.368 e. The molecule has 1 aliphatic carbocycles. The second kappa shape index (κ2) is 2.39. The molecule has 12 heavy (non-hydrogen) atoms. The summed E-state index contributed by atoms with van der Waals surface area (Å²) in [5, 5.41) is 0.226. The Labute approximate surface area is 79.4 Å². The van der Waals surface area contributed by atoms with Crippen molar-refractivity contribution in [3.05, 3.63) is 0 Å². The summed E-state index contributed by atoms with van der Waals surface area (Å²) in [6, 6.07) is 0. The monoisotopic (exact) mass is 188 g/mol. The highest BCUT2D eigenvalue weighted by atomic mass is 35.5. The van der Waals surface area contributed by atoms with Crippen LogP contribution in [0.4, 0.5) is 0 Å². The van der Waals surface area contributed by atoms with Crippen LogP contribution in [0.3, 0.4) is 0 Å². The van der Waals surface area contributed by atoms with E-state index in [0.29, 0.717) is 5.92 Å². The molecule has 0 aromatic heterocycles. The van der Waals surface area contributed by atoms with E-state index in [1.54, 1.807) is 0 Å². The average molecular weight is 189 g/mol. The van der Waals surface area contributed by atoms with E-state index in [0.717, 1.165) is 12.8 Å². The van der Waals surface area contributed by atoms with E-state index in [-0.39, 0.29) is 16.6 Å². The SMILES string of the molecule is CC1(C)O[C@@]2(C)CC[C@@H]1C[C@@H]2Cl. The van der Waals surface area contributed by atoms with Gasteiger partial charge in [-0.25, -0.2) is 0 Å². The summed E-state index contributed by atoms with van der Waals surface area (Å²) in [6.45, 7) is 6.54. The first-order chi connectivity index (χ1) is 5.44. The Hall–Kier alpha value is 0.250. The van der Waals surface area contributed by atoms with E-state index in [1.165, 1.54) is 6.42 Å². The largest absolute Gasteiger partial charge is 0.368 e. The zero-order valence-corrected chi connectivity index (χ0v) is 8.82. The van der Waals surface area contributed by atoms with Gasteiger partial charge in [0, 0.05) is 0 Å². The average Bonchev–Trinajstić information content (AvgIpc) is 1.91. The number of alkyl halides is 1. The lowest BCUT2D eigenvalue weighted by atomic mass is 9.68. The standard InChI is InChI=1S/C10H17ClO/c1-9(2)7-4-5-10(3,12-9)8(11)6-7/h7-8H,4-6H2,1-3H3/t7-,8+,10+/m1/s1. The van der Waals surface area contributed by atoms with Crippen LogP contribution in [-0.4, -0.2) is 16.6 Å². The Kier molecular flexibility index (Phi) is 1.76. The van der Waals surface area contributed by atoms with Gasteiger partial charge in [0.25, 0.3) is 0 Å². The summed E-state index contributed by atoms with van der Waals surface area (Å²) < 4.78 is 6.04. The minimum atomic E-state index is -0.0557. The van der Waals surface area contributed by atoms with E-state index in [1.807, 2.05) is 0 Å². The topological polar surface area (TPSA) is 9.23 Å². The Morgan fingerprint density at radius 1 is 1.33 bits per heavy atom. The Bertz CT molecular complexity index is 202. The number of fused-ring (bicyclic) bond motifs is 3. The highest BCUT2D eigenvalue weighted by molar-refractivity contribution is 6.21. The molecular weight excluding hydrogens is 172 g/mol. The third-order valence-electron chi connectivity index (χ3n) is 3.62. The van der Waals surface area contributed by atoms with Gasteiger partial charge in [0.2, 0.25) is 0 Å². The lowest BCUT2D eigenvalue weighted by Crippen LogP contribution is -2.59. The van der Waals surface area contributed by atoms with Gasteiger partial charge in [0.15, 0.2) is 0 Å². The van der Waals surface area contributed by atoms with Gasteiger partial charge in [-0.1, -0.05) is 0 Å². The molecule has 2 bridgehead atoms. The second-order valence-electron chi connectivity index (χ2n) is 4.96. The van der Waals surface area contributed by atoms with Gasteiger partial charge in [0.05, 0.1) is 16.6 Å². The molecule has 0 aromatic carbocycles. The predicted octanol–water partition coefficient (Wildman–Crippen LogP) is 2.96. The lowest BCUT2D eigenvalue weighted by molar-refractivity contribution is -0.226. The molecule has 0 radical (unpaired) electrons. The quantitative estimate of drug-likeness (QED) is 0.532. The van der Waals surface area contributed by atoms with Crippen LogP contribution < -0.4 is 0 Å². The third kappa shape index (κ3) is 1.10. The van der Waals surface area contributed by atoms with Crippen molar-refractivity contribution in [2.45, 2.75) is 56.6 Å². The maximum Gasteiger partial charge on any atom is 0.0824 e. The maximum atomic E-state index is 6.26. The smallest absolute Gasteiger partial charge is 0.0824 e. The van der Waals surface area contributed by atoms with Crippen LogP contribution in [0, 0.1) is 5.92 Å². The molecule has 0 aromatic rings. The first kappa shape index (κ1) is 8.83. The fourth-order valence-electron chi connectivity index (χ4n) is 2.67. The Balaban J connectivity index is 2.26. The number of rotatable bonds is 0. The highest BCUT2D eigenvalue weighted by Crippen LogP contribution is 2.51. The zero-order chi connectivity index (χ0) is 8.98. The first-order valence-corrected chi connectivity index (χ1v) is 5.22. The molecular formula is C10H17ClO. The van der Waals surface area contributed by atoms with Crippen LogP contribution >= 0.6 is 11.6 Å². The summed E-state index contributed by atoms with van der Waals surface area (Å²) in [7, 11) is 0. The van der Waals surface area contributed by atoms with E-state index < -0.39 is 0 Å². The van der Waals surface area contributed by atoms with Crippen molar-refractivity contribution in [1.29, 1.82) is 0 Å². The molecule has 3 atom stereocenters. The van der Waals surface area contributed by atoms with Crippen molar-refractivity contribution in [3.8, 4) is 0 Å². The number of hydrogen-bond acceptors (Lipinski definition) is 1. The van der Waals surface area contributed by atoms with Crippen molar-refractivity contribution in [2.24, 2.45) is 5.92 Å². The summed E-state index contributed by atoms with van der Waals surface area (Å²) in [5.41, 5.74) is -0.00179. The number of ether oxygens (including phenoxy) is 1. The molecule has 3 fully saturated rings. The van der Waals surface area contributed by atoms with Crippen LogP contribution in [0.2, 0.25) is 0 Å². The van der Waals surface area contributed by atoms with Gasteiger partial charge in [-0.3, -0.25) is 0 Å². The molecule has 2 heteroatoms. The molecule has 1 nitrogen and oxygen atoms in total. The van der Waals surface area contributed by atoms with Crippen LogP contribution in [0.1, 0.15) is 40.0 Å². The van der Waals surface area contributed by atoms with Crippen molar-refractivity contribution in [2.75, 3.05) is 0 Å². The first-order valence-electron chi connectivity index (χ1n) is 4.78. The molecule has 2 heterocycles. The highest BCUT2D eigenvalue weighted by Gasteiger charge is 2.53. The van der Waals surface area contributed by atoms with Gasteiger partial charge < -0.3 is 4.74 Å². The van der Waals surface area contributed by atoms with E-state index in [9.17, 15) is 0 Å². The summed E-state index contributed by atoms with van der Waals surface area (Å²) in [6.07, 6.45) is 3.55. The van der Waals surface area contributed by atoms with Crippen LogP contribution in [0.25, 0.3) is 0 Å². The third-order valence-corrected chi connectivity index (χ3v) is 4.26. The van der Waals surface area contributed by atoms with Crippen LogP contribution in [0.15, 0.2) is 0 Å². The summed E-state index contributed by atoms with van der Waals surface area (Å²) in [4.78, 5) is 0. The number of hydrogen-bond donors (Lipinski definition) is 0. The fourth-order valence-corrected chi connectivity index (χ4v) is 3.03. The summed E-state index contributed by atoms with van der Waals surface area (Å²) in [5.74, 6) is 0.668. The normalized spacial score (nSPS) is 51.0. The van der Waals surface area contributed by atoms with Gasteiger partial charge in [-0.15, -0.1) is 11.6 Å². The van der Waals surface area contributed by atoms with E-state index in [4.69, 9.17) is 16.3 Å². The molecule has 3 aliphatic rings. The van der Waals surface area contributed by atoms with Crippen LogP contribution in [-0.2, 0) is 4.74 Å². The fraction of sp³-hybridized carbons (Fsp3) is 1.00. The molecule has 3 rings (SSSR count). The van der Waals surface area contributed by atoms with E-state index in [2.05, 4.69) is 20.8 Å². The van der Waals surface area contributed by atoms with Crippen molar-refractivity contribution < 1.29 is 4.74 Å². The molecule has 0 N–H and O–H groups in total. The Morgan fingerprint density at radius 3 is 2.33 bits per heavy atom. The van der Waals surface area contributed by atoms with Crippen LogP contribution in [0.5, 0.6) is 0 Å². The van der Waals surface area contributed by atoms with E-state index >= 15 is 0 Å². The van der Waals surface area contributed by atoms with Crippen molar-refractivity contribution in [1.82, 2.24) is 0 Å². The molecule has 1 saturated carbocycles. The second-order valence-corrected chi connectivity index (χ2v) is 5.48. The van der Waals surface area contributed by atoms with Gasteiger partial charge in [-0.2, -0.15) is 0 Å². The zero-order valence-electron chi connectivity index (χ0n) is 8.06. The van der Waals surface area contributed by atoms with Gasteiger partial charge in [-0.05, 0) is 46.0 Å². The van der Waals surface area contributed by atoms with Crippen molar-refractivity contribution >= 4 is 11.6 Å².